The zero-order chi connectivity index (χ0) is 30.6. The van der Waals surface area contributed by atoms with Crippen LogP contribution in [0.15, 0.2) is 48.5 Å². The Kier molecular flexibility index (Phi) is 14.4. The van der Waals surface area contributed by atoms with E-state index in [1.165, 1.54) is 53.4 Å². The van der Waals surface area contributed by atoms with Gasteiger partial charge >= 0.3 is 11.5 Å². The topological polar surface area (TPSA) is 142 Å². The van der Waals surface area contributed by atoms with Gasteiger partial charge in [-0.3, -0.25) is 20.2 Å². The molecule has 0 atom stereocenters. The quantitative estimate of drug-likeness (QED) is 0.140. The molecule has 2 aliphatic rings. The average molecular weight is 644 g/mol. The molecule has 1 saturated carbocycles. The van der Waals surface area contributed by atoms with Crippen LogP contribution in [0.2, 0.25) is 0 Å². The van der Waals surface area contributed by atoms with Crippen molar-refractivity contribution in [3.63, 3.8) is 0 Å². The van der Waals surface area contributed by atoms with E-state index in [1.807, 2.05) is 0 Å². The van der Waals surface area contributed by atoms with Crippen LogP contribution in [0.4, 0.5) is 38.5 Å². The van der Waals surface area contributed by atoms with Gasteiger partial charge in [0.05, 0.1) is 9.85 Å². The number of nitro groups is 2. The Morgan fingerprint density at radius 3 is 1.43 bits per heavy atom. The molecular weight excluding hydrogens is 617 g/mol. The summed E-state index contributed by atoms with van der Waals surface area (Å²) in [6.07, 6.45) is 1.16. The fourth-order valence-electron chi connectivity index (χ4n) is 3.62. The van der Waals surface area contributed by atoms with Crippen molar-refractivity contribution in [2.24, 2.45) is 0 Å². The molecular formula is C25H27Cl2F4N3O8. The molecule has 0 radical (unpaired) electrons. The summed E-state index contributed by atoms with van der Waals surface area (Å²) in [6, 6.07) is 9.99. The summed E-state index contributed by atoms with van der Waals surface area (Å²) < 4.78 is 59.7. The number of rotatable bonds is 4. The maximum absolute atomic E-state index is 12.9. The molecule has 0 aromatic heterocycles. The fraction of sp³-hybridized carbons (Fsp3) is 0.440. The van der Waals surface area contributed by atoms with Crippen LogP contribution in [-0.4, -0.2) is 51.2 Å². The van der Waals surface area contributed by atoms with Crippen molar-refractivity contribution in [2.45, 2.75) is 56.8 Å². The number of hydrogen-bond acceptors (Lipinski definition) is 8. The highest BCUT2D eigenvalue weighted by Crippen LogP contribution is 2.32. The van der Waals surface area contributed by atoms with Crippen molar-refractivity contribution >= 4 is 46.9 Å². The normalized spacial score (nSPS) is 16.5. The lowest BCUT2D eigenvalue weighted by Gasteiger charge is -2.30. The molecule has 0 spiro atoms. The van der Waals surface area contributed by atoms with E-state index in [4.69, 9.17) is 16.3 Å². The van der Waals surface area contributed by atoms with Crippen LogP contribution in [-0.2, 0) is 0 Å². The molecule has 0 unspecified atom stereocenters. The van der Waals surface area contributed by atoms with E-state index in [1.54, 1.807) is 0 Å². The average Bonchev–Trinajstić information content (AvgIpc) is 2.89. The minimum absolute atomic E-state index is 0. The first-order valence-electron chi connectivity index (χ1n) is 12.3. The Bertz CT molecular complexity index is 1190. The zero-order valence-corrected chi connectivity index (χ0v) is 23.5. The minimum Gasteiger partial charge on any atom is -0.414 e. The second-order valence-electron chi connectivity index (χ2n) is 8.97. The maximum atomic E-state index is 12.9. The number of halogens is 6. The Morgan fingerprint density at radius 2 is 1.10 bits per heavy atom. The van der Waals surface area contributed by atoms with E-state index in [0.717, 1.165) is 6.42 Å². The highest BCUT2D eigenvalue weighted by molar-refractivity contribution is 6.61. The molecule has 1 aliphatic carbocycles. The smallest absolute Gasteiger partial charge is 0.414 e. The monoisotopic (exact) mass is 643 g/mol. The lowest BCUT2D eigenvalue weighted by molar-refractivity contribution is -0.385. The lowest BCUT2D eigenvalue weighted by Crippen LogP contribution is -2.43. The van der Waals surface area contributed by atoms with Gasteiger partial charge in [0.1, 0.15) is 11.5 Å². The van der Waals surface area contributed by atoms with Gasteiger partial charge < -0.3 is 14.4 Å². The Hall–Kier alpha value is -3.72. The molecule has 1 amide bonds. The first-order chi connectivity index (χ1) is 19.2. The van der Waals surface area contributed by atoms with Gasteiger partial charge in [0.2, 0.25) is 5.92 Å². The fourth-order valence-corrected chi connectivity index (χ4v) is 3.70. The zero-order valence-electron chi connectivity index (χ0n) is 21.9. The number of nitro benzene ring substituents is 2. The van der Waals surface area contributed by atoms with Gasteiger partial charge in [-0.25, -0.2) is 27.2 Å². The highest BCUT2D eigenvalue weighted by atomic mass is 35.5. The number of piperidine rings is 1. The van der Waals surface area contributed by atoms with Crippen molar-refractivity contribution in [1.82, 2.24) is 4.90 Å². The van der Waals surface area contributed by atoms with Crippen molar-refractivity contribution in [2.75, 3.05) is 13.1 Å². The molecule has 232 valence electrons. The Morgan fingerprint density at radius 1 is 0.714 bits per heavy atom. The second kappa shape index (κ2) is 16.7. The molecule has 2 aromatic rings. The lowest BCUT2D eigenvalue weighted by atomic mass is 9.97. The van der Waals surface area contributed by atoms with Crippen LogP contribution in [0.25, 0.3) is 0 Å². The van der Waals surface area contributed by atoms with Crippen molar-refractivity contribution < 1.29 is 46.5 Å². The van der Waals surface area contributed by atoms with E-state index in [9.17, 15) is 47.4 Å². The van der Waals surface area contributed by atoms with E-state index in [0.29, 0.717) is 12.8 Å². The van der Waals surface area contributed by atoms with Gasteiger partial charge in [-0.2, -0.15) is 0 Å². The minimum atomic E-state index is -2.73. The number of ether oxygens (including phenoxy) is 2. The van der Waals surface area contributed by atoms with Crippen LogP contribution < -0.4 is 9.47 Å². The molecule has 2 fully saturated rings. The molecule has 17 heteroatoms. The van der Waals surface area contributed by atoms with E-state index >= 15 is 0 Å². The van der Waals surface area contributed by atoms with E-state index in [-0.39, 0.29) is 74.1 Å². The summed E-state index contributed by atoms with van der Waals surface area (Å²) in [7, 11) is 0. The molecule has 2 aromatic carbocycles. The molecule has 1 heterocycles. The molecule has 4 rings (SSSR count). The molecule has 11 nitrogen and oxygen atoms in total. The van der Waals surface area contributed by atoms with Crippen molar-refractivity contribution in [3.05, 3.63) is 68.8 Å². The number of non-ortho nitro benzene ring substituents is 2. The molecule has 1 saturated heterocycles. The summed E-state index contributed by atoms with van der Waals surface area (Å²) in [5.41, 5.74) is -1.18. The summed E-state index contributed by atoms with van der Waals surface area (Å²) in [5, 5.41) is 20.7. The Balaban J connectivity index is 0.000000344. The second-order valence-corrected chi connectivity index (χ2v) is 9.28. The molecule has 1 aliphatic heterocycles. The summed E-state index contributed by atoms with van der Waals surface area (Å²) in [5.74, 6) is -4.74. The van der Waals surface area contributed by atoms with Gasteiger partial charge in [-0.05, 0) is 37.1 Å². The van der Waals surface area contributed by atoms with Crippen LogP contribution >= 0.6 is 24.0 Å². The SMILES string of the molecule is Cl.FC1(F)CCCCC1.O=C(Cl)Oc1ccc([N+](=O)[O-])cc1.O=C(Oc1ccc([N+](=O)[O-])cc1)N1CCC(F)(F)CC1. The third kappa shape index (κ3) is 13.3. The van der Waals surface area contributed by atoms with Crippen molar-refractivity contribution in [3.8, 4) is 11.5 Å². The predicted molar refractivity (Wildman–Crippen MR) is 145 cm³/mol. The summed E-state index contributed by atoms with van der Waals surface area (Å²) in [6.45, 7) is -0.141. The first-order valence-corrected chi connectivity index (χ1v) is 12.6. The number of carbonyl (C=O) groups excluding carboxylic acids is 2. The predicted octanol–water partition coefficient (Wildman–Crippen LogP) is 8.16. The highest BCUT2D eigenvalue weighted by Gasteiger charge is 2.36. The van der Waals surface area contributed by atoms with Crippen LogP contribution in [0.1, 0.15) is 44.9 Å². The summed E-state index contributed by atoms with van der Waals surface area (Å²) in [4.78, 5) is 42.7. The Labute approximate surface area is 248 Å². The molecule has 42 heavy (non-hydrogen) atoms. The standard InChI is InChI=1S/C12H12F2N2O4.C7H4ClNO4.C6H10F2.ClH/c13-12(14)5-7-15(8-6-12)11(17)20-10-3-1-9(2-4-10)16(18)19;8-7(10)13-6-3-1-5(2-4-6)9(11)12;7-6(8)4-2-1-3-5-6;/h1-4H,5-8H2;1-4H;1-5H2;1H. The molecule has 0 N–H and O–H groups in total. The first kappa shape index (κ1) is 36.3. The largest absolute Gasteiger partial charge is 0.415 e. The number of benzene rings is 2. The summed E-state index contributed by atoms with van der Waals surface area (Å²) >= 11 is 4.92. The third-order valence-electron chi connectivity index (χ3n) is 5.84. The van der Waals surface area contributed by atoms with Crippen LogP contribution in [0.5, 0.6) is 11.5 Å². The number of carbonyl (C=O) groups is 2. The number of nitrogens with zero attached hydrogens (tertiary/aromatic N) is 3. The number of amides is 1. The molecule has 0 bridgehead atoms. The van der Waals surface area contributed by atoms with Gasteiger partial charge in [-0.1, -0.05) is 6.42 Å². The third-order valence-corrected chi connectivity index (χ3v) is 5.91. The van der Waals surface area contributed by atoms with E-state index < -0.39 is 33.2 Å². The van der Waals surface area contributed by atoms with Gasteiger partial charge in [-0.15, -0.1) is 12.4 Å². The van der Waals surface area contributed by atoms with Crippen molar-refractivity contribution in [1.29, 1.82) is 0 Å². The number of hydrogen-bond donors (Lipinski definition) is 0. The van der Waals surface area contributed by atoms with Gasteiger partial charge in [0.25, 0.3) is 17.3 Å². The number of alkyl halides is 4. The van der Waals surface area contributed by atoms with E-state index in [2.05, 4.69) is 4.74 Å². The maximum Gasteiger partial charge on any atom is 0.415 e. The van der Waals surface area contributed by atoms with Crippen LogP contribution in [0, 0.1) is 20.2 Å². The van der Waals surface area contributed by atoms with Gasteiger partial charge in [0.15, 0.2) is 0 Å². The van der Waals surface area contributed by atoms with Crippen LogP contribution in [0.3, 0.4) is 0 Å². The number of likely N-dealkylation sites (tertiary alicyclic amines) is 1. The van der Waals surface area contributed by atoms with Gasteiger partial charge in [0, 0.05) is 74.6 Å².